The Morgan fingerprint density at radius 3 is 1.23 bits per heavy atom. The van der Waals surface area contributed by atoms with Crippen LogP contribution in [-0.4, -0.2) is 57.8 Å². The Morgan fingerprint density at radius 2 is 1.12 bits per heavy atom. The van der Waals surface area contributed by atoms with Crippen LogP contribution in [0.25, 0.3) is 0 Å². The fourth-order valence-electron chi connectivity index (χ4n) is 0.576. The van der Waals surface area contributed by atoms with Crippen molar-refractivity contribution >= 4 is 39.2 Å². The molecule has 0 aromatic carbocycles. The van der Waals surface area contributed by atoms with Gasteiger partial charge in [0, 0.05) is 12.0 Å². The van der Waals surface area contributed by atoms with E-state index in [9.17, 15) is 39.5 Å². The van der Waals surface area contributed by atoms with Crippen molar-refractivity contribution < 1.29 is 59.3 Å². The molecule has 0 heterocycles. The number of halogens is 9. The quantitative estimate of drug-likeness (QED) is 0.241. The number of hydrogen-bond acceptors (Lipinski definition) is 4. The molecule has 0 aromatic rings. The Morgan fingerprint density at radius 1 is 0.808 bits per heavy atom. The number of carboxylic acid groups (broad SMARTS) is 2. The molecule has 26 heavy (non-hydrogen) atoms. The number of carbonyl (C=O) groups excluding carboxylic acids is 2. The maximum absolute atomic E-state index is 11.8. The zero-order chi connectivity index (χ0) is 19.8. The Balaban J connectivity index is -0.000000138. The van der Waals surface area contributed by atoms with Gasteiger partial charge in [-0.25, -0.2) is 0 Å². The normalized spacial score (nSPS) is 12.7. The number of alkyl halides is 9. The summed E-state index contributed by atoms with van der Waals surface area (Å²) in [5.41, 5.74) is 1.87. The van der Waals surface area contributed by atoms with Crippen LogP contribution in [0.5, 0.6) is 0 Å². The van der Waals surface area contributed by atoms with Gasteiger partial charge in [0.25, 0.3) is 0 Å². The van der Waals surface area contributed by atoms with Crippen molar-refractivity contribution in [2.75, 3.05) is 0 Å². The average molecular weight is 594 g/mol. The van der Waals surface area contributed by atoms with E-state index in [0.29, 0.717) is 0 Å². The van der Waals surface area contributed by atoms with Crippen molar-refractivity contribution in [2.45, 2.75) is 26.0 Å². The minimum absolute atomic E-state index is 0. The van der Waals surface area contributed by atoms with E-state index in [2.05, 4.69) is 5.73 Å². The van der Waals surface area contributed by atoms with Gasteiger partial charge in [0.15, 0.2) is 0 Å². The zero-order valence-corrected chi connectivity index (χ0v) is 15.2. The Hall–Kier alpha value is -1.51. The van der Waals surface area contributed by atoms with E-state index in [-0.39, 0.29) is 34.7 Å². The molecule has 1 rings (SSSR count). The predicted octanol–water partition coefficient (Wildman–Crippen LogP) is 1.26. The number of rotatable bonds is 0. The third-order valence-electron chi connectivity index (χ3n) is 1.51. The van der Waals surface area contributed by atoms with Gasteiger partial charge in [0.2, 0.25) is 0 Å². The van der Waals surface area contributed by atoms with Crippen LogP contribution in [0, 0.1) is 6.42 Å². The first-order valence-electron chi connectivity index (χ1n) is 5.09. The summed E-state index contributed by atoms with van der Waals surface area (Å²) in [6.45, 7) is 0. The van der Waals surface area contributed by atoms with Gasteiger partial charge in [0.1, 0.15) is 11.9 Å². The first kappa shape index (κ1) is 32.2. The molecule has 0 amide bonds. The summed E-state index contributed by atoms with van der Waals surface area (Å²) >= 11 is 0. The zero-order valence-electron chi connectivity index (χ0n) is 11.3. The number of carbonyl (C=O) groups is 2. The molecule has 14 heteroatoms. The summed E-state index contributed by atoms with van der Waals surface area (Å²) in [7, 11) is 0. The molecule has 1 aliphatic rings. The second-order valence-corrected chi connectivity index (χ2v) is 3.36. The fourth-order valence-corrected chi connectivity index (χ4v) is 0.576. The molecule has 0 fully saturated rings. The van der Waals surface area contributed by atoms with Gasteiger partial charge in [-0.2, -0.15) is 39.5 Å². The monoisotopic (exact) mass is 595 g/mol. The first-order chi connectivity index (χ1) is 10.5. The molecule has 0 unspecified atom stereocenters. The molecule has 3 radical (unpaired) electrons. The molecular formula is C12H8F9O4Pb. The van der Waals surface area contributed by atoms with Gasteiger partial charge in [-0.05, 0) is 18.2 Å². The van der Waals surface area contributed by atoms with E-state index < -0.39 is 36.0 Å². The molecule has 0 aliphatic heterocycles. The molecule has 0 atom stereocenters. The molecule has 0 aromatic heterocycles. The smallest absolute Gasteiger partial charge is 0.542 e. The Kier molecular flexibility index (Phi) is 15.8. The molecular weight excluding hydrogens is 586 g/mol. The van der Waals surface area contributed by atoms with Crippen molar-refractivity contribution in [2.24, 2.45) is 0 Å². The number of allylic oxidation sites excluding steroid dienone is 3. The molecule has 0 bridgehead atoms. The SMILES string of the molecule is C.FC(F)(F)C1=CC=C=C[CH]1.O=C([O-])C(F)(F)F.O=C([O-])C(F)(F)F.[Pb+2]. The van der Waals surface area contributed by atoms with Crippen molar-refractivity contribution in [1.82, 2.24) is 0 Å². The summed E-state index contributed by atoms with van der Waals surface area (Å²) in [5, 5.41) is 17.6. The third-order valence-corrected chi connectivity index (χ3v) is 1.51. The van der Waals surface area contributed by atoms with Crippen LogP contribution in [0.1, 0.15) is 7.43 Å². The minimum Gasteiger partial charge on any atom is -0.542 e. The van der Waals surface area contributed by atoms with Gasteiger partial charge < -0.3 is 19.8 Å². The van der Waals surface area contributed by atoms with Gasteiger partial charge >= 0.3 is 45.8 Å². The van der Waals surface area contributed by atoms with E-state index in [1.165, 1.54) is 12.2 Å². The third kappa shape index (κ3) is 17.3. The van der Waals surface area contributed by atoms with Crippen molar-refractivity contribution in [3.05, 3.63) is 36.0 Å². The molecule has 0 saturated carbocycles. The van der Waals surface area contributed by atoms with Crippen LogP contribution in [0.3, 0.4) is 0 Å². The largest absolute Gasteiger partial charge is 2.00 e. The summed E-state index contributed by atoms with van der Waals surface area (Å²) in [6.07, 6.45) is -10.2. The molecule has 4 nitrogen and oxygen atoms in total. The summed E-state index contributed by atoms with van der Waals surface area (Å²) in [4.78, 5) is 17.6. The first-order valence-corrected chi connectivity index (χ1v) is 5.09. The number of hydrogen-bond donors (Lipinski definition) is 0. The van der Waals surface area contributed by atoms with Gasteiger partial charge in [-0.15, -0.1) is 5.73 Å². The minimum atomic E-state index is -5.19. The average Bonchev–Trinajstić information content (AvgIpc) is 2.38. The van der Waals surface area contributed by atoms with Crippen LogP contribution >= 0.6 is 0 Å². The van der Waals surface area contributed by atoms with Crippen LogP contribution in [0.15, 0.2) is 29.5 Å². The second kappa shape index (κ2) is 12.8. The van der Waals surface area contributed by atoms with E-state index in [0.717, 1.165) is 12.5 Å². The van der Waals surface area contributed by atoms with E-state index >= 15 is 0 Å². The molecule has 147 valence electrons. The van der Waals surface area contributed by atoms with Gasteiger partial charge in [0.05, 0.1) is 0 Å². The standard InChI is InChI=1S/C7H4F3.2C2HF3O2.CH4.Pb/c8-7(9,10)6-4-2-1-3-5-6;2*3-2(4,5)1(6)7;;/h2-5H;2*(H,6,7);1H4;/q;;;;+2/p-2. The maximum Gasteiger partial charge on any atom is 2.00 e. The number of aliphatic carboxylic acids is 2. The fraction of sp³-hybridized carbons (Fsp3) is 0.333. The molecule has 1 aliphatic carbocycles. The van der Waals surface area contributed by atoms with Crippen molar-refractivity contribution in [3.8, 4) is 0 Å². The maximum atomic E-state index is 11.8. The second-order valence-electron chi connectivity index (χ2n) is 3.36. The summed E-state index contributed by atoms with van der Waals surface area (Å²) in [5.74, 6) is -6.01. The summed E-state index contributed by atoms with van der Waals surface area (Å²) < 4.78 is 98.4. The number of carboxylic acids is 2. The summed E-state index contributed by atoms with van der Waals surface area (Å²) in [6, 6.07) is 0. The van der Waals surface area contributed by atoms with Crippen LogP contribution in [-0.2, 0) is 9.59 Å². The van der Waals surface area contributed by atoms with Gasteiger partial charge in [-0.3, -0.25) is 0 Å². The van der Waals surface area contributed by atoms with Crippen LogP contribution in [0.2, 0.25) is 0 Å². The molecule has 0 saturated heterocycles. The van der Waals surface area contributed by atoms with Gasteiger partial charge in [-0.1, -0.05) is 7.43 Å². The van der Waals surface area contributed by atoms with E-state index in [4.69, 9.17) is 19.8 Å². The van der Waals surface area contributed by atoms with Crippen molar-refractivity contribution in [1.29, 1.82) is 0 Å². The molecule has 0 N–H and O–H groups in total. The van der Waals surface area contributed by atoms with Crippen LogP contribution < -0.4 is 10.2 Å². The Bertz CT molecular complexity index is 514. The van der Waals surface area contributed by atoms with E-state index in [1.807, 2.05) is 0 Å². The topological polar surface area (TPSA) is 80.3 Å². The van der Waals surface area contributed by atoms with E-state index in [1.54, 1.807) is 0 Å². The molecule has 0 spiro atoms. The predicted molar refractivity (Wildman–Crippen MR) is 65.7 cm³/mol. The van der Waals surface area contributed by atoms with Crippen molar-refractivity contribution in [3.63, 3.8) is 0 Å². The van der Waals surface area contributed by atoms with Crippen LogP contribution in [0.4, 0.5) is 39.5 Å². The Labute approximate surface area is 160 Å².